The van der Waals surface area contributed by atoms with Crippen LogP contribution in [0.2, 0.25) is 0 Å². The second-order valence-corrected chi connectivity index (χ2v) is 6.79. The van der Waals surface area contributed by atoms with Gasteiger partial charge in [0.1, 0.15) is 17.3 Å². The smallest absolute Gasteiger partial charge is 0.144 e. The molecule has 5 heteroatoms. The summed E-state index contributed by atoms with van der Waals surface area (Å²) >= 11 is 0. The summed E-state index contributed by atoms with van der Waals surface area (Å²) < 4.78 is 10.7. The molecule has 1 aromatic rings. The first kappa shape index (κ1) is 14.9. The molecule has 1 heterocycles. The SMILES string of the molecule is COc1ccc(C2=NN[C@@H]3CC(C)(C)CC(=O)[C@H]23)c(OC)c1. The van der Waals surface area contributed by atoms with E-state index in [1.807, 2.05) is 18.2 Å². The molecule has 118 valence electrons. The molecule has 0 bridgehead atoms. The highest BCUT2D eigenvalue weighted by atomic mass is 16.5. The Morgan fingerprint density at radius 3 is 2.73 bits per heavy atom. The van der Waals surface area contributed by atoms with Crippen LogP contribution in [0.4, 0.5) is 0 Å². The number of ketones is 1. The Morgan fingerprint density at radius 2 is 2.05 bits per heavy atom. The summed E-state index contributed by atoms with van der Waals surface area (Å²) in [7, 11) is 3.23. The highest BCUT2D eigenvalue weighted by molar-refractivity contribution is 6.16. The number of rotatable bonds is 3. The number of carbonyl (C=O) groups is 1. The van der Waals surface area contributed by atoms with Crippen molar-refractivity contribution < 1.29 is 14.3 Å². The van der Waals surface area contributed by atoms with E-state index in [4.69, 9.17) is 9.47 Å². The lowest BCUT2D eigenvalue weighted by atomic mass is 9.68. The molecule has 2 atom stereocenters. The maximum Gasteiger partial charge on any atom is 0.144 e. The van der Waals surface area contributed by atoms with Crippen molar-refractivity contribution in [1.29, 1.82) is 0 Å². The average molecular weight is 302 g/mol. The van der Waals surface area contributed by atoms with Crippen LogP contribution in [0, 0.1) is 11.3 Å². The fourth-order valence-corrected chi connectivity index (χ4v) is 3.51. The van der Waals surface area contributed by atoms with Crippen molar-refractivity contribution >= 4 is 11.5 Å². The molecule has 0 saturated heterocycles. The number of methoxy groups -OCH3 is 2. The van der Waals surface area contributed by atoms with Crippen LogP contribution in [0.3, 0.4) is 0 Å². The summed E-state index contributed by atoms with van der Waals surface area (Å²) in [4.78, 5) is 12.6. The fraction of sp³-hybridized carbons (Fsp3) is 0.529. The third-order valence-corrected chi connectivity index (χ3v) is 4.50. The van der Waals surface area contributed by atoms with Crippen LogP contribution in [0.25, 0.3) is 0 Å². The Kier molecular flexibility index (Phi) is 3.59. The maximum absolute atomic E-state index is 12.6. The van der Waals surface area contributed by atoms with E-state index in [1.165, 1.54) is 0 Å². The molecule has 0 unspecified atom stereocenters. The normalized spacial score (nSPS) is 26.0. The van der Waals surface area contributed by atoms with Gasteiger partial charge in [-0.25, -0.2) is 0 Å². The van der Waals surface area contributed by atoms with Crippen molar-refractivity contribution in [2.45, 2.75) is 32.7 Å². The van der Waals surface area contributed by atoms with Gasteiger partial charge in [-0.2, -0.15) is 5.10 Å². The van der Waals surface area contributed by atoms with Gasteiger partial charge in [-0.05, 0) is 24.0 Å². The summed E-state index contributed by atoms with van der Waals surface area (Å²) in [5.41, 5.74) is 4.82. The lowest BCUT2D eigenvalue weighted by Crippen LogP contribution is -2.45. The van der Waals surface area contributed by atoms with Crippen molar-refractivity contribution in [3.05, 3.63) is 23.8 Å². The minimum Gasteiger partial charge on any atom is -0.497 e. The van der Waals surface area contributed by atoms with Crippen molar-refractivity contribution in [3.63, 3.8) is 0 Å². The standard InChI is InChI=1S/C17H22N2O3/c1-17(2)8-12-15(13(20)9-17)16(19-18-12)11-6-5-10(21-3)7-14(11)22-4/h5-7,12,15,18H,8-9H2,1-4H3/t12-,15-/m1/s1. The molecule has 1 fully saturated rings. The number of hydrogen-bond acceptors (Lipinski definition) is 5. The first-order chi connectivity index (χ1) is 10.4. The van der Waals surface area contributed by atoms with Crippen LogP contribution in [-0.4, -0.2) is 31.8 Å². The van der Waals surface area contributed by atoms with Crippen molar-refractivity contribution in [1.82, 2.24) is 5.43 Å². The largest absolute Gasteiger partial charge is 0.497 e. The first-order valence-electron chi connectivity index (χ1n) is 7.53. The second-order valence-electron chi connectivity index (χ2n) is 6.79. The second kappa shape index (κ2) is 5.30. The van der Waals surface area contributed by atoms with Crippen LogP contribution in [0.15, 0.2) is 23.3 Å². The van der Waals surface area contributed by atoms with Gasteiger partial charge < -0.3 is 14.9 Å². The van der Waals surface area contributed by atoms with Gasteiger partial charge in [0.2, 0.25) is 0 Å². The van der Waals surface area contributed by atoms with E-state index in [0.29, 0.717) is 12.2 Å². The predicted octanol–water partition coefficient (Wildman–Crippen LogP) is 2.39. The van der Waals surface area contributed by atoms with Crippen LogP contribution in [-0.2, 0) is 4.79 Å². The molecule has 1 saturated carbocycles. The van der Waals surface area contributed by atoms with Gasteiger partial charge in [0.15, 0.2) is 0 Å². The van der Waals surface area contributed by atoms with Crippen LogP contribution in [0.1, 0.15) is 32.3 Å². The van der Waals surface area contributed by atoms with Crippen molar-refractivity contribution in [3.8, 4) is 11.5 Å². The molecule has 3 rings (SSSR count). The number of hydrogen-bond donors (Lipinski definition) is 1. The van der Waals surface area contributed by atoms with E-state index < -0.39 is 0 Å². The maximum atomic E-state index is 12.6. The molecule has 0 radical (unpaired) electrons. The summed E-state index contributed by atoms with van der Waals surface area (Å²) in [5, 5.41) is 4.46. The first-order valence-corrected chi connectivity index (χ1v) is 7.53. The van der Waals surface area contributed by atoms with E-state index in [9.17, 15) is 4.79 Å². The number of benzene rings is 1. The molecule has 0 amide bonds. The minimum atomic E-state index is -0.185. The molecule has 0 spiro atoms. The molecule has 1 aliphatic heterocycles. The molecule has 1 N–H and O–H groups in total. The monoisotopic (exact) mass is 302 g/mol. The summed E-state index contributed by atoms with van der Waals surface area (Å²) in [6.07, 6.45) is 1.53. The topological polar surface area (TPSA) is 59.9 Å². The third kappa shape index (κ3) is 2.45. The lowest BCUT2D eigenvalue weighted by molar-refractivity contribution is -0.126. The van der Waals surface area contributed by atoms with Gasteiger partial charge in [0, 0.05) is 18.1 Å². The van der Waals surface area contributed by atoms with Crippen molar-refractivity contribution in [2.75, 3.05) is 14.2 Å². The Labute approximate surface area is 130 Å². The zero-order valence-electron chi connectivity index (χ0n) is 13.5. The zero-order chi connectivity index (χ0) is 15.9. The van der Waals surface area contributed by atoms with Gasteiger partial charge in [-0.1, -0.05) is 13.8 Å². The Balaban J connectivity index is 1.95. The molecular weight excluding hydrogens is 280 g/mol. The predicted molar refractivity (Wildman–Crippen MR) is 84.5 cm³/mol. The molecule has 1 aliphatic carbocycles. The van der Waals surface area contributed by atoms with Gasteiger partial charge >= 0.3 is 0 Å². The fourth-order valence-electron chi connectivity index (χ4n) is 3.51. The zero-order valence-corrected chi connectivity index (χ0v) is 13.5. The van der Waals surface area contributed by atoms with Gasteiger partial charge in [-0.3, -0.25) is 4.79 Å². The number of nitrogens with zero attached hydrogens (tertiary/aromatic N) is 1. The van der Waals surface area contributed by atoms with Crippen LogP contribution < -0.4 is 14.9 Å². The van der Waals surface area contributed by atoms with Gasteiger partial charge in [0.05, 0.1) is 31.9 Å². The van der Waals surface area contributed by atoms with Crippen LogP contribution >= 0.6 is 0 Å². The number of fused-ring (bicyclic) bond motifs is 1. The highest BCUT2D eigenvalue weighted by Gasteiger charge is 2.46. The number of carbonyl (C=O) groups excluding carboxylic acids is 1. The van der Waals surface area contributed by atoms with E-state index in [-0.39, 0.29) is 23.2 Å². The van der Waals surface area contributed by atoms with Crippen molar-refractivity contribution in [2.24, 2.45) is 16.4 Å². The van der Waals surface area contributed by atoms with E-state index in [2.05, 4.69) is 24.4 Å². The minimum absolute atomic E-state index is 0.0280. The Bertz CT molecular complexity index is 637. The Hall–Kier alpha value is -2.04. The average Bonchev–Trinajstić information content (AvgIpc) is 2.88. The quantitative estimate of drug-likeness (QED) is 0.931. The summed E-state index contributed by atoms with van der Waals surface area (Å²) in [6.45, 7) is 4.27. The summed E-state index contributed by atoms with van der Waals surface area (Å²) in [5.74, 6) is 1.47. The molecule has 5 nitrogen and oxygen atoms in total. The van der Waals surface area contributed by atoms with E-state index in [0.717, 1.165) is 23.4 Å². The van der Waals surface area contributed by atoms with Crippen LogP contribution in [0.5, 0.6) is 11.5 Å². The number of hydrazone groups is 1. The molecule has 22 heavy (non-hydrogen) atoms. The Morgan fingerprint density at radius 1 is 1.27 bits per heavy atom. The van der Waals surface area contributed by atoms with E-state index in [1.54, 1.807) is 14.2 Å². The lowest BCUT2D eigenvalue weighted by Gasteiger charge is -2.36. The molecule has 0 aromatic heterocycles. The highest BCUT2D eigenvalue weighted by Crippen LogP contribution is 2.41. The number of nitrogens with one attached hydrogen (secondary N) is 1. The van der Waals surface area contributed by atoms with E-state index >= 15 is 0 Å². The molecule has 1 aromatic carbocycles. The van der Waals surface area contributed by atoms with Gasteiger partial charge in [0.25, 0.3) is 0 Å². The summed E-state index contributed by atoms with van der Waals surface area (Å²) in [6, 6.07) is 5.68. The number of Topliss-reactive ketones (excluding diaryl/α,β-unsaturated/α-hetero) is 1. The molecular formula is C17H22N2O3. The number of ether oxygens (including phenoxy) is 2. The third-order valence-electron chi connectivity index (χ3n) is 4.50. The molecule has 2 aliphatic rings. The van der Waals surface area contributed by atoms with Gasteiger partial charge in [-0.15, -0.1) is 0 Å².